The lowest BCUT2D eigenvalue weighted by molar-refractivity contribution is -0.145. The summed E-state index contributed by atoms with van der Waals surface area (Å²) in [5.74, 6) is 0.801. The van der Waals surface area contributed by atoms with Gasteiger partial charge < -0.3 is 4.74 Å². The molecule has 1 aliphatic carbocycles. The molecule has 2 unspecified atom stereocenters. The molecule has 0 aromatic heterocycles. The molecule has 2 atom stereocenters. The lowest BCUT2D eigenvalue weighted by Crippen LogP contribution is -2.11. The predicted molar refractivity (Wildman–Crippen MR) is 52.3 cm³/mol. The van der Waals surface area contributed by atoms with E-state index in [0.717, 1.165) is 12.8 Å². The van der Waals surface area contributed by atoms with Crippen LogP contribution in [0.4, 0.5) is 0 Å². The fourth-order valence-electron chi connectivity index (χ4n) is 1.80. The van der Waals surface area contributed by atoms with Gasteiger partial charge in [0.05, 0.1) is 12.5 Å². The maximum Gasteiger partial charge on any atom is 0.309 e. The van der Waals surface area contributed by atoms with Crippen LogP contribution in [-0.4, -0.2) is 12.6 Å². The normalized spacial score (nSPS) is 27.1. The second kappa shape index (κ2) is 3.69. The molecule has 0 heterocycles. The molecule has 2 heteroatoms. The highest BCUT2D eigenvalue weighted by Crippen LogP contribution is 2.46. The summed E-state index contributed by atoms with van der Waals surface area (Å²) >= 11 is 0. The smallest absolute Gasteiger partial charge is 0.309 e. The van der Waals surface area contributed by atoms with Crippen LogP contribution < -0.4 is 0 Å². The zero-order valence-electron chi connectivity index (χ0n) is 9.09. The first-order valence-electron chi connectivity index (χ1n) is 5.10. The van der Waals surface area contributed by atoms with Gasteiger partial charge in [0.25, 0.3) is 0 Å². The van der Waals surface area contributed by atoms with Crippen LogP contribution in [0.3, 0.4) is 0 Å². The van der Waals surface area contributed by atoms with E-state index in [-0.39, 0.29) is 11.9 Å². The van der Waals surface area contributed by atoms with Gasteiger partial charge in [-0.2, -0.15) is 0 Å². The van der Waals surface area contributed by atoms with Crippen molar-refractivity contribution in [3.05, 3.63) is 0 Å². The van der Waals surface area contributed by atoms with Gasteiger partial charge in [-0.3, -0.25) is 4.79 Å². The van der Waals surface area contributed by atoms with Gasteiger partial charge in [-0.05, 0) is 31.1 Å². The summed E-state index contributed by atoms with van der Waals surface area (Å²) < 4.78 is 4.97. The van der Waals surface area contributed by atoms with Crippen molar-refractivity contribution >= 4 is 5.97 Å². The van der Waals surface area contributed by atoms with E-state index in [1.807, 2.05) is 6.92 Å². The van der Waals surface area contributed by atoms with E-state index in [1.165, 1.54) is 0 Å². The molecule has 2 nitrogen and oxygen atoms in total. The molecule has 1 saturated carbocycles. The van der Waals surface area contributed by atoms with Crippen molar-refractivity contribution in [1.29, 1.82) is 0 Å². The molecule has 76 valence electrons. The van der Waals surface area contributed by atoms with Gasteiger partial charge >= 0.3 is 5.97 Å². The molecular weight excluding hydrogens is 164 g/mol. The van der Waals surface area contributed by atoms with E-state index in [0.29, 0.717) is 17.9 Å². The summed E-state index contributed by atoms with van der Waals surface area (Å²) in [5, 5.41) is 0. The van der Waals surface area contributed by atoms with Gasteiger partial charge in [-0.1, -0.05) is 20.8 Å². The quantitative estimate of drug-likeness (QED) is 0.630. The van der Waals surface area contributed by atoms with Crippen LogP contribution in [0, 0.1) is 17.3 Å². The summed E-state index contributed by atoms with van der Waals surface area (Å²) in [5.41, 5.74) is 0.339. The third-order valence-corrected chi connectivity index (χ3v) is 2.39. The van der Waals surface area contributed by atoms with Crippen molar-refractivity contribution in [1.82, 2.24) is 0 Å². The van der Waals surface area contributed by atoms with E-state index in [9.17, 15) is 4.79 Å². The fraction of sp³-hybridized carbons (Fsp3) is 0.909. The van der Waals surface area contributed by atoms with E-state index in [2.05, 4.69) is 20.8 Å². The van der Waals surface area contributed by atoms with Gasteiger partial charge in [0.1, 0.15) is 0 Å². The summed E-state index contributed by atoms with van der Waals surface area (Å²) in [6.45, 7) is 9.02. The highest BCUT2D eigenvalue weighted by molar-refractivity contribution is 5.75. The number of carbonyl (C=O) groups is 1. The molecule has 1 aliphatic rings. The van der Waals surface area contributed by atoms with E-state index in [1.54, 1.807) is 0 Å². The topological polar surface area (TPSA) is 26.3 Å². The second-order valence-electron chi connectivity index (χ2n) is 5.12. The molecular formula is C11H20O2. The third kappa shape index (κ3) is 3.37. The Morgan fingerprint density at radius 1 is 1.46 bits per heavy atom. The van der Waals surface area contributed by atoms with Crippen LogP contribution in [0.5, 0.6) is 0 Å². The zero-order chi connectivity index (χ0) is 10.1. The SMILES string of the molecule is CCOC(=O)C1CC1CC(C)(C)C. The van der Waals surface area contributed by atoms with Crippen LogP contribution in [0.1, 0.15) is 40.5 Å². The Balaban J connectivity index is 2.26. The standard InChI is InChI=1S/C11H20O2/c1-5-13-10(12)9-6-8(9)7-11(2,3)4/h8-9H,5-7H2,1-4H3. The molecule has 0 amide bonds. The van der Waals surface area contributed by atoms with E-state index < -0.39 is 0 Å². The molecule has 0 aromatic carbocycles. The molecule has 13 heavy (non-hydrogen) atoms. The van der Waals surface area contributed by atoms with Crippen LogP contribution in [-0.2, 0) is 9.53 Å². The fourth-order valence-corrected chi connectivity index (χ4v) is 1.80. The molecule has 0 spiro atoms. The number of hydrogen-bond acceptors (Lipinski definition) is 2. The Morgan fingerprint density at radius 3 is 2.54 bits per heavy atom. The third-order valence-electron chi connectivity index (χ3n) is 2.39. The minimum Gasteiger partial charge on any atom is -0.466 e. The second-order valence-corrected chi connectivity index (χ2v) is 5.12. The van der Waals surface area contributed by atoms with Gasteiger partial charge in [-0.25, -0.2) is 0 Å². The lowest BCUT2D eigenvalue weighted by atomic mass is 9.89. The van der Waals surface area contributed by atoms with Crippen LogP contribution in [0.25, 0.3) is 0 Å². The first kappa shape index (κ1) is 10.6. The molecule has 0 radical (unpaired) electrons. The Hall–Kier alpha value is -0.530. The maximum absolute atomic E-state index is 11.3. The van der Waals surface area contributed by atoms with Crippen LogP contribution in [0.2, 0.25) is 0 Å². The summed E-state index contributed by atoms with van der Waals surface area (Å²) in [7, 11) is 0. The molecule has 0 aliphatic heterocycles. The minimum absolute atomic E-state index is 0.0109. The molecule has 0 saturated heterocycles. The Kier molecular flexibility index (Phi) is 2.99. The highest BCUT2D eigenvalue weighted by Gasteiger charge is 2.45. The monoisotopic (exact) mass is 184 g/mol. The van der Waals surface area contributed by atoms with E-state index in [4.69, 9.17) is 4.74 Å². The largest absolute Gasteiger partial charge is 0.466 e. The number of ether oxygens (including phenoxy) is 1. The van der Waals surface area contributed by atoms with Crippen molar-refractivity contribution in [2.75, 3.05) is 6.61 Å². The summed E-state index contributed by atoms with van der Waals surface area (Å²) in [6, 6.07) is 0. The number of hydrogen-bond donors (Lipinski definition) is 0. The van der Waals surface area contributed by atoms with Gasteiger partial charge in [0, 0.05) is 0 Å². The Bertz CT molecular complexity index is 191. The van der Waals surface area contributed by atoms with Crippen molar-refractivity contribution in [3.8, 4) is 0 Å². The zero-order valence-corrected chi connectivity index (χ0v) is 9.09. The van der Waals surface area contributed by atoms with Crippen molar-refractivity contribution in [2.45, 2.75) is 40.5 Å². The summed E-state index contributed by atoms with van der Waals surface area (Å²) in [6.07, 6.45) is 2.17. The van der Waals surface area contributed by atoms with Crippen molar-refractivity contribution in [3.63, 3.8) is 0 Å². The van der Waals surface area contributed by atoms with Gasteiger partial charge in [0.15, 0.2) is 0 Å². The number of esters is 1. The van der Waals surface area contributed by atoms with Crippen LogP contribution >= 0.6 is 0 Å². The number of carbonyl (C=O) groups excluding carboxylic acids is 1. The molecule has 0 aromatic rings. The maximum atomic E-state index is 11.3. The van der Waals surface area contributed by atoms with Crippen LogP contribution in [0.15, 0.2) is 0 Å². The lowest BCUT2D eigenvalue weighted by Gasteiger charge is -2.17. The molecule has 1 fully saturated rings. The molecule has 0 bridgehead atoms. The average molecular weight is 184 g/mol. The summed E-state index contributed by atoms with van der Waals surface area (Å²) in [4.78, 5) is 11.3. The van der Waals surface area contributed by atoms with Gasteiger partial charge in [0.2, 0.25) is 0 Å². The first-order chi connectivity index (χ1) is 5.94. The molecule has 0 N–H and O–H groups in total. The van der Waals surface area contributed by atoms with Crippen molar-refractivity contribution in [2.24, 2.45) is 17.3 Å². The van der Waals surface area contributed by atoms with Gasteiger partial charge in [-0.15, -0.1) is 0 Å². The number of rotatable bonds is 3. The Labute approximate surface area is 80.7 Å². The highest BCUT2D eigenvalue weighted by atomic mass is 16.5. The van der Waals surface area contributed by atoms with Crippen molar-refractivity contribution < 1.29 is 9.53 Å². The molecule has 1 rings (SSSR count). The predicted octanol–water partition coefficient (Wildman–Crippen LogP) is 2.62. The Morgan fingerprint density at radius 2 is 2.08 bits per heavy atom. The first-order valence-corrected chi connectivity index (χ1v) is 5.10. The minimum atomic E-state index is 0.0109. The van der Waals surface area contributed by atoms with E-state index >= 15 is 0 Å². The average Bonchev–Trinajstić information content (AvgIpc) is 2.64.